The summed E-state index contributed by atoms with van der Waals surface area (Å²) in [5.41, 5.74) is 0.0298. The Morgan fingerprint density at radius 2 is 1.86 bits per heavy atom. The molecule has 0 aromatic carbocycles. The summed E-state index contributed by atoms with van der Waals surface area (Å²) in [5.74, 6) is -0.884. The molecule has 0 saturated carbocycles. The smallest absolute Gasteiger partial charge is 0.426 e. The largest absolute Gasteiger partial charge is 0.464 e. The van der Waals surface area contributed by atoms with Gasteiger partial charge in [-0.1, -0.05) is 0 Å². The number of carbonyl (C=O) groups is 1. The molecule has 0 spiro atoms. The predicted octanol–water partition coefficient (Wildman–Crippen LogP) is 2.09. The van der Waals surface area contributed by atoms with Gasteiger partial charge in [0.25, 0.3) is 0 Å². The molecule has 0 amide bonds. The number of carbonyl (C=O) groups excluding carboxylic acids is 1. The average Bonchev–Trinajstić information content (AvgIpc) is 2.01. The Morgan fingerprint density at radius 1 is 1.36 bits per heavy atom. The molecule has 0 aliphatic heterocycles. The van der Waals surface area contributed by atoms with Crippen LogP contribution in [0, 0.1) is 0 Å². The number of allylic oxidation sites excluding steroid dienone is 1. The number of alkyl halides is 3. The average molecular weight is 209 g/mol. The van der Waals surface area contributed by atoms with E-state index in [-0.39, 0.29) is 11.9 Å². The van der Waals surface area contributed by atoms with E-state index in [2.05, 4.69) is 9.73 Å². The van der Waals surface area contributed by atoms with E-state index >= 15 is 0 Å². The summed E-state index contributed by atoms with van der Waals surface area (Å²) in [6.45, 7) is 2.94. The molecule has 0 bridgehead atoms. The minimum Gasteiger partial charge on any atom is -0.464 e. The highest BCUT2D eigenvalue weighted by atomic mass is 19.4. The van der Waals surface area contributed by atoms with Crippen LogP contribution in [0.4, 0.5) is 13.2 Å². The zero-order valence-electron chi connectivity index (χ0n) is 7.97. The van der Waals surface area contributed by atoms with Gasteiger partial charge >= 0.3 is 12.1 Å². The molecule has 80 valence electrons. The molecule has 0 aliphatic carbocycles. The maximum Gasteiger partial charge on any atom is 0.426 e. The number of methoxy groups -OCH3 is 1. The number of halogens is 3. The normalized spacial score (nSPS) is 11.6. The monoisotopic (exact) mass is 209 g/mol. The molecule has 0 rings (SSSR count). The molecule has 0 fully saturated rings. The van der Waals surface area contributed by atoms with Crippen molar-refractivity contribution in [2.45, 2.75) is 20.0 Å². The van der Waals surface area contributed by atoms with Crippen LogP contribution in [-0.4, -0.2) is 25.5 Å². The predicted molar refractivity (Wildman–Crippen MR) is 44.9 cm³/mol. The van der Waals surface area contributed by atoms with E-state index in [0.29, 0.717) is 5.57 Å². The van der Waals surface area contributed by atoms with Gasteiger partial charge in [0.05, 0.1) is 7.11 Å². The van der Waals surface area contributed by atoms with Crippen LogP contribution in [-0.2, 0) is 9.53 Å². The lowest BCUT2D eigenvalue weighted by Crippen LogP contribution is -2.11. The number of hydrogen-bond acceptors (Lipinski definition) is 3. The molecule has 0 radical (unpaired) electrons. The summed E-state index contributed by atoms with van der Waals surface area (Å²) in [6.07, 6.45) is -4.78. The van der Waals surface area contributed by atoms with E-state index < -0.39 is 12.1 Å². The van der Waals surface area contributed by atoms with Crippen LogP contribution in [0.15, 0.2) is 16.3 Å². The lowest BCUT2D eigenvalue weighted by Gasteiger charge is -2.02. The second-order valence-corrected chi connectivity index (χ2v) is 2.64. The quantitative estimate of drug-likeness (QED) is 0.396. The Kier molecular flexibility index (Phi) is 4.33. The Hall–Kier alpha value is -1.33. The number of hydrogen-bond donors (Lipinski definition) is 0. The summed E-state index contributed by atoms with van der Waals surface area (Å²) < 4.78 is 39.4. The van der Waals surface area contributed by atoms with Gasteiger partial charge in [-0.05, 0) is 19.4 Å². The second kappa shape index (κ2) is 4.78. The van der Waals surface area contributed by atoms with Crippen LogP contribution in [0.3, 0.4) is 0 Å². The molecule has 6 heteroatoms. The van der Waals surface area contributed by atoms with Crippen LogP contribution in [0.1, 0.15) is 13.8 Å². The number of rotatable bonds is 2. The maximum absolute atomic E-state index is 11.7. The van der Waals surface area contributed by atoms with E-state index in [1.54, 1.807) is 0 Å². The summed E-state index contributed by atoms with van der Waals surface area (Å²) in [7, 11) is 1.08. The van der Waals surface area contributed by atoms with Crippen molar-refractivity contribution in [3.8, 4) is 0 Å². The Balaban J connectivity index is 4.84. The first-order valence-corrected chi connectivity index (χ1v) is 3.65. The van der Waals surface area contributed by atoms with Gasteiger partial charge in [0.1, 0.15) is 11.9 Å². The van der Waals surface area contributed by atoms with Crippen molar-refractivity contribution in [3.05, 3.63) is 11.3 Å². The van der Waals surface area contributed by atoms with Crippen molar-refractivity contribution < 1.29 is 22.7 Å². The molecule has 0 saturated heterocycles. The zero-order chi connectivity index (χ0) is 11.4. The fourth-order valence-corrected chi connectivity index (χ4v) is 0.620. The van der Waals surface area contributed by atoms with Crippen LogP contribution in [0.5, 0.6) is 0 Å². The van der Waals surface area contributed by atoms with Crippen LogP contribution >= 0.6 is 0 Å². The molecule has 0 N–H and O–H groups in total. The van der Waals surface area contributed by atoms with E-state index in [0.717, 1.165) is 7.11 Å². The number of ether oxygens (including phenoxy) is 1. The molecule has 0 unspecified atom stereocenters. The Bertz CT molecular complexity index is 275. The highest BCUT2D eigenvalue weighted by Crippen LogP contribution is 2.14. The minimum absolute atomic E-state index is 0.244. The summed E-state index contributed by atoms with van der Waals surface area (Å²) in [5, 5.41) is 0. The first kappa shape index (κ1) is 12.7. The van der Waals surface area contributed by atoms with Crippen molar-refractivity contribution in [2.24, 2.45) is 4.99 Å². The first-order valence-electron chi connectivity index (χ1n) is 3.65. The molecule has 0 heterocycles. The highest BCUT2D eigenvalue weighted by molar-refractivity contribution is 5.90. The van der Waals surface area contributed by atoms with E-state index in [1.165, 1.54) is 13.8 Å². The van der Waals surface area contributed by atoms with Gasteiger partial charge in [-0.15, -0.1) is 0 Å². The molecule has 0 aromatic rings. The molecule has 3 nitrogen and oxygen atoms in total. The van der Waals surface area contributed by atoms with Crippen molar-refractivity contribution in [1.82, 2.24) is 0 Å². The van der Waals surface area contributed by atoms with Gasteiger partial charge in [-0.2, -0.15) is 13.2 Å². The van der Waals surface area contributed by atoms with Crippen molar-refractivity contribution in [2.75, 3.05) is 7.11 Å². The van der Waals surface area contributed by atoms with Gasteiger partial charge in [0.15, 0.2) is 0 Å². The van der Waals surface area contributed by atoms with Gasteiger partial charge in [-0.3, -0.25) is 0 Å². The number of aliphatic imine (C=N–C) groups is 1. The van der Waals surface area contributed by atoms with Crippen molar-refractivity contribution >= 4 is 12.2 Å². The van der Waals surface area contributed by atoms with E-state index in [4.69, 9.17) is 0 Å². The Morgan fingerprint density at radius 3 is 2.14 bits per heavy atom. The van der Waals surface area contributed by atoms with Gasteiger partial charge in [0.2, 0.25) is 0 Å². The maximum atomic E-state index is 11.7. The zero-order valence-corrected chi connectivity index (χ0v) is 7.97. The van der Waals surface area contributed by atoms with Crippen LogP contribution in [0.25, 0.3) is 0 Å². The fraction of sp³-hybridized carbons (Fsp3) is 0.500. The molecular weight excluding hydrogens is 199 g/mol. The minimum atomic E-state index is -4.53. The molecule has 0 atom stereocenters. The van der Waals surface area contributed by atoms with Gasteiger partial charge in [-0.25, -0.2) is 9.79 Å². The van der Waals surface area contributed by atoms with Crippen LogP contribution in [0.2, 0.25) is 0 Å². The topological polar surface area (TPSA) is 38.7 Å². The third kappa shape index (κ3) is 4.64. The molecule has 14 heavy (non-hydrogen) atoms. The number of nitrogens with zero attached hydrogens (tertiary/aromatic N) is 1. The standard InChI is InChI=1S/C8H10F3NO2/c1-5(2)6(7(13)14-3)12-4-8(9,10)11/h4H,1-3H3. The Labute approximate surface area is 79.3 Å². The van der Waals surface area contributed by atoms with Crippen molar-refractivity contribution in [3.63, 3.8) is 0 Å². The highest BCUT2D eigenvalue weighted by Gasteiger charge is 2.24. The molecule has 0 aromatic heterocycles. The van der Waals surface area contributed by atoms with Crippen molar-refractivity contribution in [1.29, 1.82) is 0 Å². The summed E-state index contributed by atoms with van der Waals surface area (Å²) in [4.78, 5) is 13.9. The second-order valence-electron chi connectivity index (χ2n) is 2.64. The lowest BCUT2D eigenvalue weighted by atomic mass is 10.2. The fourth-order valence-electron chi connectivity index (χ4n) is 0.620. The first-order chi connectivity index (χ1) is 6.28. The van der Waals surface area contributed by atoms with Gasteiger partial charge < -0.3 is 4.74 Å². The molecule has 0 aliphatic rings. The third-order valence-electron chi connectivity index (χ3n) is 1.19. The third-order valence-corrected chi connectivity index (χ3v) is 1.19. The van der Waals surface area contributed by atoms with E-state index in [9.17, 15) is 18.0 Å². The lowest BCUT2D eigenvalue weighted by molar-refractivity contribution is -0.136. The number of esters is 1. The summed E-state index contributed by atoms with van der Waals surface area (Å²) >= 11 is 0. The van der Waals surface area contributed by atoms with E-state index in [1.807, 2.05) is 0 Å². The molecular formula is C8H10F3NO2. The summed E-state index contributed by atoms with van der Waals surface area (Å²) in [6, 6.07) is 0. The van der Waals surface area contributed by atoms with Crippen LogP contribution < -0.4 is 0 Å². The SMILES string of the molecule is COC(=O)C(N=CC(F)(F)F)=C(C)C. The van der Waals surface area contributed by atoms with Gasteiger partial charge in [0, 0.05) is 0 Å².